The lowest BCUT2D eigenvalue weighted by molar-refractivity contribution is -0.0111. The second kappa shape index (κ2) is 7.98. The Morgan fingerprint density at radius 3 is 2.55 bits per heavy atom. The maximum absolute atomic E-state index is 5.37. The summed E-state index contributed by atoms with van der Waals surface area (Å²) in [5, 5.41) is 0. The average molecular weight is 161 g/mol. The highest BCUT2D eigenvalue weighted by Gasteiger charge is 2.03. The van der Waals surface area contributed by atoms with Crippen molar-refractivity contribution in [3.63, 3.8) is 0 Å². The lowest BCUT2D eigenvalue weighted by Crippen LogP contribution is -2.21. The predicted molar refractivity (Wildman–Crippen MR) is 45.6 cm³/mol. The second-order valence-electron chi connectivity index (χ2n) is 2.35. The lowest BCUT2D eigenvalue weighted by atomic mass is 10.3. The molecule has 1 atom stereocenters. The minimum atomic E-state index is 0.242. The molecule has 68 valence electrons. The van der Waals surface area contributed by atoms with Crippen molar-refractivity contribution in [3.05, 3.63) is 0 Å². The Morgan fingerprint density at radius 1 is 1.36 bits per heavy atom. The third-order valence-electron chi connectivity index (χ3n) is 1.42. The number of hydrogen-bond donors (Lipinski definition) is 1. The molecule has 0 fully saturated rings. The summed E-state index contributed by atoms with van der Waals surface area (Å²) in [5.74, 6) is 0. The van der Waals surface area contributed by atoms with Crippen molar-refractivity contribution in [2.24, 2.45) is 5.73 Å². The minimum absolute atomic E-state index is 0.242. The minimum Gasteiger partial charge on any atom is -0.377 e. The topological polar surface area (TPSA) is 44.5 Å². The molecule has 0 saturated heterocycles. The van der Waals surface area contributed by atoms with E-state index in [2.05, 4.69) is 6.92 Å². The first-order valence-corrected chi connectivity index (χ1v) is 4.24. The zero-order valence-electron chi connectivity index (χ0n) is 7.51. The Bertz CT molecular complexity index is 78.5. The molecule has 2 N–H and O–H groups in total. The zero-order chi connectivity index (χ0) is 8.53. The van der Waals surface area contributed by atoms with Crippen LogP contribution in [0.15, 0.2) is 0 Å². The van der Waals surface area contributed by atoms with Crippen LogP contribution in [0.5, 0.6) is 0 Å². The van der Waals surface area contributed by atoms with E-state index in [0.717, 1.165) is 13.0 Å². The molecule has 0 aromatic carbocycles. The van der Waals surface area contributed by atoms with Gasteiger partial charge in [-0.05, 0) is 13.3 Å². The molecule has 11 heavy (non-hydrogen) atoms. The first kappa shape index (κ1) is 10.9. The highest BCUT2D eigenvalue weighted by molar-refractivity contribution is 4.52. The van der Waals surface area contributed by atoms with Gasteiger partial charge in [-0.2, -0.15) is 0 Å². The van der Waals surface area contributed by atoms with Gasteiger partial charge in [0.1, 0.15) is 0 Å². The van der Waals surface area contributed by atoms with Crippen molar-refractivity contribution in [1.82, 2.24) is 0 Å². The fraction of sp³-hybridized carbons (Fsp3) is 1.00. The van der Waals surface area contributed by atoms with Gasteiger partial charge >= 0.3 is 0 Å². The number of nitrogens with two attached hydrogens (primary N) is 1. The number of rotatable bonds is 7. The van der Waals surface area contributed by atoms with Crippen LogP contribution in [-0.2, 0) is 9.47 Å². The van der Waals surface area contributed by atoms with Gasteiger partial charge in [0.2, 0.25) is 0 Å². The quantitative estimate of drug-likeness (QED) is 0.561. The van der Waals surface area contributed by atoms with E-state index in [1.165, 1.54) is 0 Å². The molecule has 0 aromatic heterocycles. The predicted octanol–water partition coefficient (Wildman–Crippen LogP) is 0.777. The van der Waals surface area contributed by atoms with E-state index in [9.17, 15) is 0 Å². The van der Waals surface area contributed by atoms with Crippen LogP contribution in [0.25, 0.3) is 0 Å². The fourth-order valence-electron chi connectivity index (χ4n) is 0.818. The Labute approximate surface area is 68.9 Å². The van der Waals surface area contributed by atoms with Gasteiger partial charge in [0.15, 0.2) is 0 Å². The maximum Gasteiger partial charge on any atom is 0.0805 e. The van der Waals surface area contributed by atoms with Crippen molar-refractivity contribution < 1.29 is 9.47 Å². The molecule has 0 aliphatic heterocycles. The summed E-state index contributed by atoms with van der Waals surface area (Å²) < 4.78 is 10.6. The average Bonchev–Trinajstić information content (AvgIpc) is 2.03. The van der Waals surface area contributed by atoms with E-state index in [1.54, 1.807) is 0 Å². The number of hydrogen-bond acceptors (Lipinski definition) is 3. The maximum atomic E-state index is 5.37. The van der Waals surface area contributed by atoms with Crippen molar-refractivity contribution in [2.75, 3.05) is 26.4 Å². The van der Waals surface area contributed by atoms with Crippen molar-refractivity contribution >= 4 is 0 Å². The van der Waals surface area contributed by atoms with Gasteiger partial charge < -0.3 is 15.2 Å². The van der Waals surface area contributed by atoms with Crippen molar-refractivity contribution in [1.29, 1.82) is 0 Å². The smallest absolute Gasteiger partial charge is 0.0805 e. The molecule has 0 aromatic rings. The molecule has 0 heterocycles. The molecular weight excluding hydrogens is 142 g/mol. The summed E-state index contributed by atoms with van der Waals surface area (Å²) in [6.45, 7) is 6.72. The Morgan fingerprint density at radius 2 is 2.09 bits per heavy atom. The Balaban J connectivity index is 3.20. The Kier molecular flexibility index (Phi) is 7.89. The molecule has 3 heteroatoms. The molecule has 0 saturated carbocycles. The van der Waals surface area contributed by atoms with Crippen LogP contribution < -0.4 is 5.73 Å². The first-order valence-electron chi connectivity index (χ1n) is 4.24. The van der Waals surface area contributed by atoms with Crippen molar-refractivity contribution in [2.45, 2.75) is 26.4 Å². The van der Waals surface area contributed by atoms with Gasteiger partial charge in [-0.25, -0.2) is 0 Å². The van der Waals surface area contributed by atoms with Crippen LogP contribution in [-0.4, -0.2) is 32.5 Å². The molecule has 0 amide bonds. The molecular formula is C8H19NO2. The summed E-state index contributed by atoms with van der Waals surface area (Å²) in [6.07, 6.45) is 1.24. The van der Waals surface area contributed by atoms with Gasteiger partial charge in [-0.3, -0.25) is 0 Å². The highest BCUT2D eigenvalue weighted by Crippen LogP contribution is 1.97. The monoisotopic (exact) mass is 161 g/mol. The fourth-order valence-corrected chi connectivity index (χ4v) is 0.818. The van der Waals surface area contributed by atoms with Crippen molar-refractivity contribution in [3.8, 4) is 0 Å². The van der Waals surface area contributed by atoms with E-state index < -0.39 is 0 Å². The third kappa shape index (κ3) is 6.28. The SMILES string of the molecule is CCOC(CC)COCCN. The molecule has 0 aliphatic rings. The molecule has 0 bridgehead atoms. The van der Waals surface area contributed by atoms with E-state index >= 15 is 0 Å². The van der Waals surface area contributed by atoms with Crippen LogP contribution in [0, 0.1) is 0 Å². The van der Waals surface area contributed by atoms with Crippen LogP contribution in [0.1, 0.15) is 20.3 Å². The van der Waals surface area contributed by atoms with E-state index in [-0.39, 0.29) is 6.10 Å². The molecule has 3 nitrogen and oxygen atoms in total. The van der Waals surface area contributed by atoms with E-state index in [1.807, 2.05) is 6.92 Å². The van der Waals surface area contributed by atoms with E-state index in [0.29, 0.717) is 19.8 Å². The van der Waals surface area contributed by atoms with Gasteiger partial charge in [-0.1, -0.05) is 6.92 Å². The largest absolute Gasteiger partial charge is 0.377 e. The zero-order valence-corrected chi connectivity index (χ0v) is 7.51. The summed E-state index contributed by atoms with van der Waals surface area (Å²) >= 11 is 0. The van der Waals surface area contributed by atoms with Crippen LogP contribution in [0.4, 0.5) is 0 Å². The normalized spacial score (nSPS) is 13.4. The summed E-state index contributed by atoms with van der Waals surface area (Å²) in [7, 11) is 0. The number of ether oxygens (including phenoxy) is 2. The first-order chi connectivity index (χ1) is 5.35. The summed E-state index contributed by atoms with van der Waals surface area (Å²) in [5.41, 5.74) is 5.26. The summed E-state index contributed by atoms with van der Waals surface area (Å²) in [6, 6.07) is 0. The van der Waals surface area contributed by atoms with Crippen LogP contribution in [0.3, 0.4) is 0 Å². The summed E-state index contributed by atoms with van der Waals surface area (Å²) in [4.78, 5) is 0. The van der Waals surface area contributed by atoms with Crippen LogP contribution in [0.2, 0.25) is 0 Å². The molecule has 1 unspecified atom stereocenters. The highest BCUT2D eigenvalue weighted by atomic mass is 16.5. The lowest BCUT2D eigenvalue weighted by Gasteiger charge is -2.14. The van der Waals surface area contributed by atoms with E-state index in [4.69, 9.17) is 15.2 Å². The second-order valence-corrected chi connectivity index (χ2v) is 2.35. The standard InChI is InChI=1S/C8H19NO2/c1-3-8(11-4-2)7-10-6-5-9/h8H,3-7,9H2,1-2H3. The van der Waals surface area contributed by atoms with Gasteiger partial charge in [-0.15, -0.1) is 0 Å². The van der Waals surface area contributed by atoms with Gasteiger partial charge in [0.25, 0.3) is 0 Å². The van der Waals surface area contributed by atoms with Crippen LogP contribution >= 0.6 is 0 Å². The molecule has 0 rings (SSSR count). The van der Waals surface area contributed by atoms with Gasteiger partial charge in [0.05, 0.1) is 19.3 Å². The third-order valence-corrected chi connectivity index (χ3v) is 1.42. The molecule has 0 aliphatic carbocycles. The van der Waals surface area contributed by atoms with Gasteiger partial charge in [0, 0.05) is 13.2 Å². The molecule has 0 spiro atoms. The Hall–Kier alpha value is -0.120. The molecule has 0 radical (unpaired) electrons.